The molecule has 4 aromatic rings. The van der Waals surface area contributed by atoms with Crippen LogP contribution in [0.2, 0.25) is 0 Å². The first-order chi connectivity index (χ1) is 8.33. The van der Waals surface area contributed by atoms with Gasteiger partial charge in [0.1, 0.15) is 11.8 Å². The van der Waals surface area contributed by atoms with Gasteiger partial charge in [0.2, 0.25) is 0 Å². The third kappa shape index (κ3) is 1.11. The Balaban J connectivity index is 2.31. The third-order valence-corrected chi connectivity index (χ3v) is 3.63. The fourth-order valence-electron chi connectivity index (χ4n) is 2.03. The molecule has 5 heteroatoms. The number of thiazole rings is 1. The highest BCUT2D eigenvalue weighted by Crippen LogP contribution is 2.32. The van der Waals surface area contributed by atoms with E-state index in [1.165, 1.54) is 6.26 Å². The highest BCUT2D eigenvalue weighted by atomic mass is 32.1. The molecule has 0 aliphatic carbocycles. The highest BCUT2D eigenvalue weighted by molar-refractivity contribution is 7.16. The maximum atomic E-state index is 9.57. The third-order valence-electron chi connectivity index (χ3n) is 2.84. The van der Waals surface area contributed by atoms with Crippen molar-refractivity contribution in [3.63, 3.8) is 0 Å². The Bertz CT molecular complexity index is 863. The van der Waals surface area contributed by atoms with E-state index in [-0.39, 0.29) is 5.95 Å². The molecule has 0 bridgehead atoms. The second-order valence-electron chi connectivity index (χ2n) is 3.79. The van der Waals surface area contributed by atoms with Gasteiger partial charge in [-0.2, -0.15) is 0 Å². The summed E-state index contributed by atoms with van der Waals surface area (Å²) in [4.78, 5) is 8.77. The number of fused-ring (bicyclic) bond motifs is 4. The van der Waals surface area contributed by atoms with E-state index in [1.54, 1.807) is 11.3 Å². The van der Waals surface area contributed by atoms with Crippen LogP contribution < -0.4 is 0 Å². The van der Waals surface area contributed by atoms with Gasteiger partial charge in [-0.1, -0.05) is 0 Å². The van der Waals surface area contributed by atoms with Crippen molar-refractivity contribution in [1.29, 1.82) is 0 Å². The molecule has 1 aromatic carbocycles. The van der Waals surface area contributed by atoms with Crippen LogP contribution in [0.3, 0.4) is 0 Å². The fourth-order valence-corrected chi connectivity index (χ4v) is 2.72. The molecule has 0 aliphatic rings. The largest absolute Gasteiger partial charge is 0.480 e. The van der Waals surface area contributed by atoms with Crippen LogP contribution in [0.15, 0.2) is 34.4 Å². The molecule has 0 aliphatic heterocycles. The second kappa shape index (κ2) is 2.95. The molecule has 0 saturated carbocycles. The minimum atomic E-state index is -0.0957. The first kappa shape index (κ1) is 8.95. The first-order valence-electron chi connectivity index (χ1n) is 5.06. The van der Waals surface area contributed by atoms with Gasteiger partial charge in [-0.3, -0.25) is 0 Å². The molecule has 17 heavy (non-hydrogen) atoms. The SMILES string of the molecule is Oc1occ2nc3ccc4scnc4c3cc12. The maximum Gasteiger partial charge on any atom is 0.291 e. The van der Waals surface area contributed by atoms with E-state index in [2.05, 4.69) is 9.97 Å². The Morgan fingerprint density at radius 3 is 3.06 bits per heavy atom. The van der Waals surface area contributed by atoms with Crippen LogP contribution in [0.5, 0.6) is 5.95 Å². The van der Waals surface area contributed by atoms with Crippen LogP contribution >= 0.6 is 11.3 Å². The lowest BCUT2D eigenvalue weighted by Crippen LogP contribution is -1.80. The van der Waals surface area contributed by atoms with Crippen molar-refractivity contribution >= 4 is 43.4 Å². The molecule has 0 spiro atoms. The summed E-state index contributed by atoms with van der Waals surface area (Å²) in [5.74, 6) is -0.0957. The first-order valence-corrected chi connectivity index (χ1v) is 5.94. The molecule has 0 atom stereocenters. The number of aromatic hydroxyl groups is 1. The monoisotopic (exact) mass is 242 g/mol. The smallest absolute Gasteiger partial charge is 0.291 e. The molecule has 0 saturated heterocycles. The van der Waals surface area contributed by atoms with Crippen molar-refractivity contribution in [2.45, 2.75) is 0 Å². The molecular formula is C12H6N2O2S. The van der Waals surface area contributed by atoms with Crippen LogP contribution in [0, 0.1) is 0 Å². The molecule has 0 fully saturated rings. The van der Waals surface area contributed by atoms with Gasteiger partial charge in [-0.15, -0.1) is 11.3 Å². The predicted octanol–water partition coefficient (Wildman–Crippen LogP) is 3.30. The van der Waals surface area contributed by atoms with Crippen molar-refractivity contribution in [2.75, 3.05) is 0 Å². The Labute approximate surface area is 99.1 Å². The summed E-state index contributed by atoms with van der Waals surface area (Å²) in [7, 11) is 0. The van der Waals surface area contributed by atoms with Gasteiger partial charge in [-0.05, 0) is 18.2 Å². The molecule has 1 N–H and O–H groups in total. The molecule has 0 unspecified atom stereocenters. The molecule has 3 heterocycles. The Hall–Kier alpha value is -2.14. The Morgan fingerprint density at radius 2 is 2.12 bits per heavy atom. The molecule has 0 radical (unpaired) electrons. The molecule has 4 rings (SSSR count). The highest BCUT2D eigenvalue weighted by Gasteiger charge is 2.10. The minimum Gasteiger partial charge on any atom is -0.480 e. The zero-order valence-electron chi connectivity index (χ0n) is 8.54. The number of benzene rings is 1. The van der Waals surface area contributed by atoms with Crippen molar-refractivity contribution in [3.8, 4) is 5.95 Å². The Morgan fingerprint density at radius 1 is 1.18 bits per heavy atom. The van der Waals surface area contributed by atoms with Gasteiger partial charge in [0.05, 0.1) is 26.6 Å². The van der Waals surface area contributed by atoms with Crippen molar-refractivity contribution < 1.29 is 9.52 Å². The van der Waals surface area contributed by atoms with E-state index in [9.17, 15) is 5.11 Å². The van der Waals surface area contributed by atoms with Gasteiger partial charge in [0.15, 0.2) is 0 Å². The van der Waals surface area contributed by atoms with Crippen molar-refractivity contribution in [3.05, 3.63) is 30.0 Å². The molecule has 0 amide bonds. The van der Waals surface area contributed by atoms with Crippen molar-refractivity contribution in [1.82, 2.24) is 9.97 Å². The Kier molecular flexibility index (Phi) is 1.55. The number of furan rings is 1. The van der Waals surface area contributed by atoms with E-state index in [0.717, 1.165) is 21.1 Å². The van der Waals surface area contributed by atoms with Crippen LogP contribution in [-0.4, -0.2) is 15.1 Å². The zero-order chi connectivity index (χ0) is 11.4. The van der Waals surface area contributed by atoms with E-state index in [0.29, 0.717) is 10.9 Å². The number of hydrogen-bond donors (Lipinski definition) is 1. The minimum absolute atomic E-state index is 0.0957. The lowest BCUT2D eigenvalue weighted by atomic mass is 10.1. The van der Waals surface area contributed by atoms with E-state index < -0.39 is 0 Å². The summed E-state index contributed by atoms with van der Waals surface area (Å²) in [5.41, 5.74) is 4.24. The van der Waals surface area contributed by atoms with Gasteiger partial charge in [-0.25, -0.2) is 9.97 Å². The van der Waals surface area contributed by atoms with Gasteiger partial charge < -0.3 is 9.52 Å². The predicted molar refractivity (Wildman–Crippen MR) is 66.4 cm³/mol. The normalized spacial score (nSPS) is 11.8. The number of hydrogen-bond acceptors (Lipinski definition) is 5. The summed E-state index contributed by atoms with van der Waals surface area (Å²) in [6.45, 7) is 0. The van der Waals surface area contributed by atoms with Crippen LogP contribution in [-0.2, 0) is 0 Å². The summed E-state index contributed by atoms with van der Waals surface area (Å²) in [5, 5.41) is 11.1. The van der Waals surface area contributed by atoms with E-state index in [1.807, 2.05) is 23.7 Å². The van der Waals surface area contributed by atoms with E-state index in [4.69, 9.17) is 4.42 Å². The number of rotatable bonds is 0. The van der Waals surface area contributed by atoms with E-state index >= 15 is 0 Å². The van der Waals surface area contributed by atoms with Crippen LogP contribution in [0.25, 0.3) is 32.0 Å². The zero-order valence-corrected chi connectivity index (χ0v) is 9.36. The summed E-state index contributed by atoms with van der Waals surface area (Å²) < 4.78 is 6.07. The lowest BCUT2D eigenvalue weighted by Gasteiger charge is -1.98. The summed E-state index contributed by atoms with van der Waals surface area (Å²) in [6.07, 6.45) is 1.45. The number of aromatic nitrogens is 2. The maximum absolute atomic E-state index is 9.57. The molecule has 3 aromatic heterocycles. The molecule has 4 nitrogen and oxygen atoms in total. The van der Waals surface area contributed by atoms with Crippen LogP contribution in [0.1, 0.15) is 0 Å². The summed E-state index contributed by atoms with van der Waals surface area (Å²) in [6, 6.07) is 5.84. The summed E-state index contributed by atoms with van der Waals surface area (Å²) >= 11 is 1.59. The second-order valence-corrected chi connectivity index (χ2v) is 4.68. The molecular weight excluding hydrogens is 236 g/mol. The van der Waals surface area contributed by atoms with Gasteiger partial charge in [0.25, 0.3) is 5.95 Å². The van der Waals surface area contributed by atoms with Crippen molar-refractivity contribution in [2.24, 2.45) is 0 Å². The standard InChI is InChI=1S/C12H6N2O2S/c15-12-7-3-6-8(14-9(7)4-16-12)1-2-10-11(6)13-5-17-10/h1-5,15H. The van der Waals surface area contributed by atoms with Gasteiger partial charge in [0, 0.05) is 5.39 Å². The number of nitrogens with zero attached hydrogens (tertiary/aromatic N) is 2. The van der Waals surface area contributed by atoms with Gasteiger partial charge >= 0.3 is 0 Å². The average Bonchev–Trinajstić information content (AvgIpc) is 2.94. The quantitative estimate of drug-likeness (QED) is 0.514. The topological polar surface area (TPSA) is 59.2 Å². The molecule has 82 valence electrons. The average molecular weight is 242 g/mol. The number of pyridine rings is 1. The fraction of sp³-hybridized carbons (Fsp3) is 0. The van der Waals surface area contributed by atoms with Crippen LogP contribution in [0.4, 0.5) is 0 Å². The lowest BCUT2D eigenvalue weighted by molar-refractivity contribution is 0.338.